The van der Waals surface area contributed by atoms with Gasteiger partial charge in [-0.2, -0.15) is 0 Å². The van der Waals surface area contributed by atoms with Crippen LogP contribution in [0.3, 0.4) is 0 Å². The number of hydrogen-bond donors (Lipinski definition) is 2. The van der Waals surface area contributed by atoms with Crippen LogP contribution in [0.25, 0.3) is 0 Å². The second kappa shape index (κ2) is 11.2. The predicted molar refractivity (Wildman–Crippen MR) is 160 cm³/mol. The lowest BCUT2D eigenvalue weighted by atomic mass is 10.0. The highest BCUT2D eigenvalue weighted by molar-refractivity contribution is 8.05. The van der Waals surface area contributed by atoms with Gasteiger partial charge in [0.25, 0.3) is 0 Å². The van der Waals surface area contributed by atoms with Gasteiger partial charge in [-0.25, -0.2) is 0 Å². The number of ether oxygens (including phenoxy) is 1. The number of likely N-dealkylation sites (tertiary alicyclic amines) is 1. The highest BCUT2D eigenvalue weighted by Gasteiger charge is 2.30. The third kappa shape index (κ3) is 5.49. The summed E-state index contributed by atoms with van der Waals surface area (Å²) in [6, 6.07) is 18.5. The van der Waals surface area contributed by atoms with Gasteiger partial charge in [0.05, 0.1) is 6.61 Å². The molecule has 8 heteroatoms. The largest absolute Gasteiger partial charge is 0.381 e. The Labute approximate surface area is 238 Å². The molecule has 0 spiro atoms. The monoisotopic (exact) mass is 560 g/mol. The average molecular weight is 561 g/mol. The summed E-state index contributed by atoms with van der Waals surface area (Å²) >= 11 is 3.73. The Hall–Kier alpha value is -2.39. The Bertz CT molecular complexity index is 1390. The van der Waals surface area contributed by atoms with E-state index in [2.05, 4.69) is 56.5 Å². The molecule has 2 N–H and O–H groups in total. The summed E-state index contributed by atoms with van der Waals surface area (Å²) in [5.74, 6) is 0. The molecule has 4 aliphatic rings. The van der Waals surface area contributed by atoms with E-state index in [4.69, 9.17) is 4.74 Å². The predicted octanol–water partition coefficient (Wildman–Crippen LogP) is 6.39. The van der Waals surface area contributed by atoms with Crippen LogP contribution in [-0.4, -0.2) is 54.8 Å². The molecule has 1 aromatic heterocycles. The standard InChI is InChI=1S/C31H36N4O2S2/c36-30-18-24(12-13-32-30)35-15-16-37-26(20-35)25-8-3-9-28-31(25)39-27-11-10-21(17-29(27)38-28)33-22-5-4-14-34(19-22)23-6-1-2-7-23/h3,8-13,17-18,22-23,26,33H,1-2,4-7,14-16,19-20H2,(H,32,36). The molecule has 7 rings (SSSR count). The Balaban J connectivity index is 1.06. The lowest BCUT2D eigenvalue weighted by Crippen LogP contribution is -2.46. The molecule has 0 bridgehead atoms. The fourth-order valence-electron chi connectivity index (χ4n) is 6.63. The molecule has 2 unspecified atom stereocenters. The minimum atomic E-state index is -0.0697. The molecule has 1 saturated carbocycles. The first-order valence-corrected chi connectivity index (χ1v) is 16.0. The quantitative estimate of drug-likeness (QED) is 0.293. The van der Waals surface area contributed by atoms with E-state index in [-0.39, 0.29) is 11.7 Å². The third-order valence-corrected chi connectivity index (χ3v) is 11.2. The highest BCUT2D eigenvalue weighted by Crippen LogP contribution is 2.52. The van der Waals surface area contributed by atoms with Gasteiger partial charge >= 0.3 is 0 Å². The van der Waals surface area contributed by atoms with Crippen LogP contribution >= 0.6 is 23.5 Å². The van der Waals surface area contributed by atoms with Crippen LogP contribution in [-0.2, 0) is 4.74 Å². The molecular weight excluding hydrogens is 525 g/mol. The lowest BCUT2D eigenvalue weighted by molar-refractivity contribution is 0.0379. The average Bonchev–Trinajstić information content (AvgIpc) is 3.51. The SMILES string of the molecule is O=c1cc(N2CCOC(c3cccc4c3Sc3ccc(NC5CCCN(C6CCCC6)C5)cc3S4)C2)cc[nH]1. The number of H-pyrrole nitrogens is 1. The maximum absolute atomic E-state index is 11.9. The number of pyridine rings is 1. The Morgan fingerprint density at radius 3 is 2.72 bits per heavy atom. The van der Waals surface area contributed by atoms with Crippen molar-refractivity contribution in [3.63, 3.8) is 0 Å². The van der Waals surface area contributed by atoms with Crippen LogP contribution in [0.1, 0.15) is 50.2 Å². The van der Waals surface area contributed by atoms with Crippen molar-refractivity contribution in [2.24, 2.45) is 0 Å². The van der Waals surface area contributed by atoms with E-state index in [9.17, 15) is 4.79 Å². The number of aromatic nitrogens is 1. The van der Waals surface area contributed by atoms with Gasteiger partial charge in [-0.05, 0) is 68.1 Å². The second-order valence-electron chi connectivity index (χ2n) is 11.2. The molecule has 204 valence electrons. The molecule has 0 amide bonds. The summed E-state index contributed by atoms with van der Waals surface area (Å²) in [5.41, 5.74) is 3.36. The molecule has 2 aromatic carbocycles. The topological polar surface area (TPSA) is 60.6 Å². The molecule has 3 aromatic rings. The summed E-state index contributed by atoms with van der Waals surface area (Å²) in [6.45, 7) is 4.61. The van der Waals surface area contributed by atoms with Gasteiger partial charge in [0.15, 0.2) is 0 Å². The summed E-state index contributed by atoms with van der Waals surface area (Å²) in [6.07, 6.45) is 9.82. The highest BCUT2D eigenvalue weighted by atomic mass is 32.2. The molecule has 1 aliphatic carbocycles. The van der Waals surface area contributed by atoms with Crippen LogP contribution in [0.4, 0.5) is 11.4 Å². The second-order valence-corrected chi connectivity index (χ2v) is 13.3. The summed E-state index contributed by atoms with van der Waals surface area (Å²) in [7, 11) is 0. The van der Waals surface area contributed by atoms with Gasteiger partial charge in [-0.15, -0.1) is 0 Å². The first kappa shape index (κ1) is 25.6. The molecule has 2 atom stereocenters. The molecular formula is C31H36N4O2S2. The third-order valence-electron chi connectivity index (χ3n) is 8.59. The fraction of sp³-hybridized carbons (Fsp3) is 0.452. The number of nitrogens with zero attached hydrogens (tertiary/aromatic N) is 2. The van der Waals surface area contributed by atoms with Crippen LogP contribution in [0.2, 0.25) is 0 Å². The van der Waals surface area contributed by atoms with Gasteiger partial charge in [-0.3, -0.25) is 9.69 Å². The smallest absolute Gasteiger partial charge is 0.249 e. The molecule has 3 fully saturated rings. The molecule has 3 aliphatic heterocycles. The fourth-order valence-corrected chi connectivity index (χ4v) is 9.08. The maximum Gasteiger partial charge on any atom is 0.249 e. The number of nitrogens with one attached hydrogen (secondary N) is 2. The van der Waals surface area contributed by atoms with E-state index in [0.717, 1.165) is 24.8 Å². The molecule has 4 heterocycles. The van der Waals surface area contributed by atoms with Crippen molar-refractivity contribution in [1.29, 1.82) is 0 Å². The van der Waals surface area contributed by atoms with E-state index < -0.39 is 0 Å². The molecule has 0 radical (unpaired) electrons. The van der Waals surface area contributed by atoms with Gasteiger partial charge in [0.2, 0.25) is 5.56 Å². The minimum absolute atomic E-state index is 0.0299. The normalized spacial score (nSPS) is 23.8. The van der Waals surface area contributed by atoms with Crippen molar-refractivity contribution >= 4 is 34.9 Å². The molecule has 2 saturated heterocycles. The number of aromatic amines is 1. The van der Waals surface area contributed by atoms with Crippen LogP contribution in [0.15, 0.2) is 79.1 Å². The Morgan fingerprint density at radius 2 is 1.82 bits per heavy atom. The number of benzene rings is 2. The van der Waals surface area contributed by atoms with E-state index in [0.29, 0.717) is 12.6 Å². The summed E-state index contributed by atoms with van der Waals surface area (Å²) in [4.78, 5) is 24.8. The number of fused-ring (bicyclic) bond motifs is 2. The number of rotatable bonds is 5. The zero-order chi connectivity index (χ0) is 26.2. The van der Waals surface area contributed by atoms with Crippen molar-refractivity contribution in [2.75, 3.05) is 43.0 Å². The van der Waals surface area contributed by atoms with Gasteiger partial charge in [-0.1, -0.05) is 48.5 Å². The number of piperidine rings is 1. The first-order valence-electron chi connectivity index (χ1n) is 14.4. The summed E-state index contributed by atoms with van der Waals surface area (Å²) in [5, 5.41) is 3.88. The summed E-state index contributed by atoms with van der Waals surface area (Å²) < 4.78 is 6.29. The first-order chi connectivity index (χ1) is 19.2. The maximum atomic E-state index is 11.9. The number of morpholine rings is 1. The number of hydrogen-bond acceptors (Lipinski definition) is 7. The van der Waals surface area contributed by atoms with Gasteiger partial charge < -0.3 is 19.9 Å². The van der Waals surface area contributed by atoms with Gasteiger partial charge in [0, 0.05) is 74.9 Å². The molecule has 6 nitrogen and oxygen atoms in total. The number of anilines is 2. The van der Waals surface area contributed by atoms with Crippen molar-refractivity contribution in [1.82, 2.24) is 9.88 Å². The van der Waals surface area contributed by atoms with E-state index in [1.807, 2.05) is 29.6 Å². The van der Waals surface area contributed by atoms with Crippen molar-refractivity contribution < 1.29 is 4.74 Å². The van der Waals surface area contributed by atoms with Crippen LogP contribution in [0, 0.1) is 0 Å². The lowest BCUT2D eigenvalue weighted by Gasteiger charge is -2.37. The van der Waals surface area contributed by atoms with Crippen molar-refractivity contribution in [3.05, 3.63) is 70.6 Å². The van der Waals surface area contributed by atoms with Crippen molar-refractivity contribution in [3.8, 4) is 0 Å². The van der Waals surface area contributed by atoms with Crippen molar-refractivity contribution in [2.45, 2.75) is 76.3 Å². The Kier molecular flexibility index (Phi) is 7.37. The minimum Gasteiger partial charge on any atom is -0.381 e. The van der Waals surface area contributed by atoms with Gasteiger partial charge in [0.1, 0.15) is 6.10 Å². The zero-order valence-electron chi connectivity index (χ0n) is 22.2. The van der Waals surface area contributed by atoms with E-state index in [1.165, 1.54) is 82.4 Å². The zero-order valence-corrected chi connectivity index (χ0v) is 23.9. The van der Waals surface area contributed by atoms with E-state index in [1.54, 1.807) is 12.3 Å². The molecule has 39 heavy (non-hydrogen) atoms. The van der Waals surface area contributed by atoms with Crippen LogP contribution < -0.4 is 15.8 Å². The van der Waals surface area contributed by atoms with Crippen LogP contribution in [0.5, 0.6) is 0 Å². The van der Waals surface area contributed by atoms with E-state index >= 15 is 0 Å². The Morgan fingerprint density at radius 1 is 0.897 bits per heavy atom.